The normalized spacial score (nSPS) is 21.3. The Bertz CT molecular complexity index is 398. The summed E-state index contributed by atoms with van der Waals surface area (Å²) in [5.74, 6) is 0.636. The molecule has 3 nitrogen and oxygen atoms in total. The zero-order valence-corrected chi connectivity index (χ0v) is 10.7. The van der Waals surface area contributed by atoms with E-state index in [9.17, 15) is 4.79 Å². The van der Waals surface area contributed by atoms with Gasteiger partial charge in [0.2, 0.25) is 0 Å². The van der Waals surface area contributed by atoms with Crippen LogP contribution in [-0.4, -0.2) is 15.6 Å². The zero-order chi connectivity index (χ0) is 11.0. The summed E-state index contributed by atoms with van der Waals surface area (Å²) in [5.41, 5.74) is 2.14. The summed E-state index contributed by atoms with van der Waals surface area (Å²) in [7, 11) is 1.94. The van der Waals surface area contributed by atoms with Crippen LogP contribution in [0.3, 0.4) is 0 Å². The summed E-state index contributed by atoms with van der Waals surface area (Å²) in [6.45, 7) is 1.98. The number of aryl methyl sites for hydroxylation is 2. The summed E-state index contributed by atoms with van der Waals surface area (Å²) in [5, 5.41) is 4.34. The van der Waals surface area contributed by atoms with Crippen LogP contribution in [0.15, 0.2) is 4.47 Å². The third-order valence-electron chi connectivity index (χ3n) is 3.13. The number of rotatable bonds is 2. The van der Waals surface area contributed by atoms with E-state index < -0.39 is 0 Å². The van der Waals surface area contributed by atoms with Crippen LogP contribution in [0.5, 0.6) is 0 Å². The minimum atomic E-state index is 0.219. The molecule has 1 fully saturated rings. The number of carbonyl (C=O) groups is 1. The van der Waals surface area contributed by atoms with Crippen molar-refractivity contribution >= 4 is 21.7 Å². The smallest absolute Gasteiger partial charge is 0.136 e. The molecule has 1 aliphatic carbocycles. The van der Waals surface area contributed by atoms with Gasteiger partial charge in [0, 0.05) is 25.8 Å². The zero-order valence-electron chi connectivity index (χ0n) is 9.09. The average molecular weight is 271 g/mol. The molecule has 82 valence electrons. The number of carbonyl (C=O) groups excluding carboxylic acids is 1. The monoisotopic (exact) mass is 270 g/mol. The van der Waals surface area contributed by atoms with Gasteiger partial charge in [-0.05, 0) is 35.7 Å². The summed E-state index contributed by atoms with van der Waals surface area (Å²) in [4.78, 5) is 11.6. The Balaban J connectivity index is 2.20. The van der Waals surface area contributed by atoms with Crippen LogP contribution in [0, 0.1) is 12.8 Å². The highest BCUT2D eigenvalue weighted by Gasteiger charge is 2.26. The number of aromatic nitrogens is 2. The van der Waals surface area contributed by atoms with Crippen molar-refractivity contribution in [2.45, 2.75) is 32.6 Å². The molecule has 15 heavy (non-hydrogen) atoms. The molecule has 1 saturated carbocycles. The lowest BCUT2D eigenvalue weighted by Gasteiger charge is -2.08. The lowest BCUT2D eigenvalue weighted by atomic mass is 10.0. The largest absolute Gasteiger partial charge is 0.299 e. The topological polar surface area (TPSA) is 34.9 Å². The Hall–Kier alpha value is -0.640. The van der Waals surface area contributed by atoms with E-state index in [4.69, 9.17) is 0 Å². The van der Waals surface area contributed by atoms with Crippen LogP contribution in [0.25, 0.3) is 0 Å². The number of hydrogen-bond donors (Lipinski definition) is 0. The number of ketones is 1. The molecule has 2 rings (SSSR count). The highest BCUT2D eigenvalue weighted by Crippen LogP contribution is 2.29. The van der Waals surface area contributed by atoms with Gasteiger partial charge in [-0.3, -0.25) is 9.48 Å². The predicted molar refractivity (Wildman–Crippen MR) is 61.7 cm³/mol. The molecule has 0 aliphatic heterocycles. The molecule has 0 saturated heterocycles. The second-order valence-corrected chi connectivity index (χ2v) is 5.02. The van der Waals surface area contributed by atoms with Gasteiger partial charge in [0.15, 0.2) is 0 Å². The molecule has 0 N–H and O–H groups in total. The van der Waals surface area contributed by atoms with Gasteiger partial charge >= 0.3 is 0 Å². The molecule has 1 heterocycles. The first-order valence-corrected chi connectivity index (χ1v) is 6.09. The number of hydrogen-bond acceptors (Lipinski definition) is 2. The van der Waals surface area contributed by atoms with Gasteiger partial charge in [-0.25, -0.2) is 0 Å². The molecule has 1 unspecified atom stereocenters. The summed E-state index contributed by atoms with van der Waals surface area (Å²) >= 11 is 3.53. The third-order valence-corrected chi connectivity index (χ3v) is 4.16. The molecule has 0 amide bonds. The lowest BCUT2D eigenvalue weighted by Crippen LogP contribution is -2.12. The van der Waals surface area contributed by atoms with Crippen LogP contribution >= 0.6 is 15.9 Å². The van der Waals surface area contributed by atoms with Crippen molar-refractivity contribution in [3.63, 3.8) is 0 Å². The number of halogens is 1. The van der Waals surface area contributed by atoms with E-state index in [0.29, 0.717) is 5.78 Å². The Labute approximate surface area is 98.0 Å². The lowest BCUT2D eigenvalue weighted by molar-refractivity contribution is -0.120. The second-order valence-electron chi connectivity index (χ2n) is 4.23. The fourth-order valence-corrected chi connectivity index (χ4v) is 2.74. The van der Waals surface area contributed by atoms with Gasteiger partial charge in [-0.15, -0.1) is 0 Å². The predicted octanol–water partition coefficient (Wildman–Crippen LogP) is 2.40. The highest BCUT2D eigenvalue weighted by atomic mass is 79.9. The molecular weight excluding hydrogens is 256 g/mol. The minimum absolute atomic E-state index is 0.219. The maximum Gasteiger partial charge on any atom is 0.136 e. The van der Waals surface area contributed by atoms with E-state index in [0.717, 1.165) is 41.5 Å². The van der Waals surface area contributed by atoms with Gasteiger partial charge < -0.3 is 0 Å². The Morgan fingerprint density at radius 3 is 2.80 bits per heavy atom. The van der Waals surface area contributed by atoms with Gasteiger partial charge in [0.05, 0.1) is 15.9 Å². The molecule has 1 aromatic heterocycles. The van der Waals surface area contributed by atoms with Crippen LogP contribution in [-0.2, 0) is 18.3 Å². The molecular formula is C11H15BrN2O. The molecule has 0 aromatic carbocycles. The van der Waals surface area contributed by atoms with E-state index in [1.54, 1.807) is 0 Å². The molecule has 0 spiro atoms. The third kappa shape index (κ3) is 2.00. The van der Waals surface area contributed by atoms with Crippen LogP contribution < -0.4 is 0 Å². The highest BCUT2D eigenvalue weighted by molar-refractivity contribution is 9.10. The van der Waals surface area contributed by atoms with Crippen molar-refractivity contribution < 1.29 is 4.79 Å². The van der Waals surface area contributed by atoms with Crippen molar-refractivity contribution in [1.29, 1.82) is 0 Å². The van der Waals surface area contributed by atoms with Crippen LogP contribution in [0.2, 0.25) is 0 Å². The van der Waals surface area contributed by atoms with E-state index >= 15 is 0 Å². The van der Waals surface area contributed by atoms with Crippen LogP contribution in [0.4, 0.5) is 0 Å². The fourth-order valence-electron chi connectivity index (χ4n) is 2.24. The van der Waals surface area contributed by atoms with Gasteiger partial charge in [-0.1, -0.05) is 0 Å². The molecule has 1 aliphatic rings. The van der Waals surface area contributed by atoms with Crippen molar-refractivity contribution in [2.24, 2.45) is 13.0 Å². The average Bonchev–Trinajstić information content (AvgIpc) is 2.67. The maximum atomic E-state index is 11.6. The molecule has 1 aromatic rings. The van der Waals surface area contributed by atoms with E-state index in [-0.39, 0.29) is 5.92 Å². The first-order chi connectivity index (χ1) is 7.09. The standard InChI is InChI=1S/C11H15BrN2O/c1-7-11(12)9(14(2)13-7)6-8-4-3-5-10(8)15/h8H,3-6H2,1-2H3. The van der Waals surface area contributed by atoms with Crippen LogP contribution in [0.1, 0.15) is 30.7 Å². The van der Waals surface area contributed by atoms with Gasteiger partial charge in [-0.2, -0.15) is 5.10 Å². The molecule has 1 atom stereocenters. The SMILES string of the molecule is Cc1nn(C)c(CC2CCCC2=O)c1Br. The Morgan fingerprint density at radius 2 is 2.33 bits per heavy atom. The Morgan fingerprint density at radius 1 is 1.60 bits per heavy atom. The Kier molecular flexibility index (Phi) is 2.96. The summed E-state index contributed by atoms with van der Waals surface area (Å²) in [6.07, 6.45) is 3.68. The van der Waals surface area contributed by atoms with Gasteiger partial charge in [0.1, 0.15) is 5.78 Å². The van der Waals surface area contributed by atoms with Crippen molar-refractivity contribution in [2.75, 3.05) is 0 Å². The van der Waals surface area contributed by atoms with Crippen molar-refractivity contribution in [3.8, 4) is 0 Å². The minimum Gasteiger partial charge on any atom is -0.299 e. The van der Waals surface area contributed by atoms with Gasteiger partial charge in [0.25, 0.3) is 0 Å². The van der Waals surface area contributed by atoms with Crippen molar-refractivity contribution in [3.05, 3.63) is 15.9 Å². The van der Waals surface area contributed by atoms with E-state index in [1.165, 1.54) is 0 Å². The summed E-state index contributed by atoms with van der Waals surface area (Å²) < 4.78 is 2.94. The molecule has 4 heteroatoms. The quantitative estimate of drug-likeness (QED) is 0.827. The molecule has 0 radical (unpaired) electrons. The van der Waals surface area contributed by atoms with E-state index in [1.807, 2.05) is 18.7 Å². The number of nitrogens with zero attached hydrogens (tertiary/aromatic N) is 2. The number of Topliss-reactive ketones (excluding diaryl/α,β-unsaturated/α-hetero) is 1. The van der Waals surface area contributed by atoms with Crippen molar-refractivity contribution in [1.82, 2.24) is 9.78 Å². The maximum absolute atomic E-state index is 11.6. The fraction of sp³-hybridized carbons (Fsp3) is 0.636. The second kappa shape index (κ2) is 4.08. The first-order valence-electron chi connectivity index (χ1n) is 5.30. The van der Waals surface area contributed by atoms with E-state index in [2.05, 4.69) is 21.0 Å². The molecule has 0 bridgehead atoms. The first kappa shape index (κ1) is 10.9. The summed E-state index contributed by atoms with van der Waals surface area (Å²) in [6, 6.07) is 0.